The average molecular weight is 683 g/mol. The molecule has 0 aliphatic rings. The van der Waals surface area contributed by atoms with Crippen molar-refractivity contribution in [3.63, 3.8) is 0 Å². The van der Waals surface area contributed by atoms with Crippen molar-refractivity contribution in [2.45, 2.75) is 41.5 Å². The van der Waals surface area contributed by atoms with Gasteiger partial charge in [-0.1, -0.05) is 81.9 Å². The molecule has 52 heavy (non-hydrogen) atoms. The van der Waals surface area contributed by atoms with Crippen molar-refractivity contribution in [3.8, 4) is 0 Å². The van der Waals surface area contributed by atoms with E-state index in [9.17, 15) is 24.0 Å². The van der Waals surface area contributed by atoms with E-state index in [1.165, 1.54) is 36.4 Å². The summed E-state index contributed by atoms with van der Waals surface area (Å²) in [4.78, 5) is 70.4. The molecule has 0 aliphatic heterocycles. The van der Waals surface area contributed by atoms with Crippen LogP contribution >= 0.6 is 0 Å². The zero-order chi connectivity index (χ0) is 37.3. The molecule has 0 heterocycles. The Morgan fingerprint density at radius 3 is 0.712 bits per heavy atom. The van der Waals surface area contributed by atoms with Crippen LogP contribution in [0.4, 0.5) is 0 Å². The molecule has 0 saturated carbocycles. The van der Waals surface area contributed by atoms with Crippen molar-refractivity contribution in [2.75, 3.05) is 0 Å². The maximum Gasteiger partial charge on any atom is 0.193 e. The molecule has 0 aromatic heterocycles. The molecule has 0 radical (unpaired) electrons. The average Bonchev–Trinajstić information content (AvgIpc) is 3.12. The predicted octanol–water partition coefficient (Wildman–Crippen LogP) is 9.69. The lowest BCUT2D eigenvalue weighted by molar-refractivity contribution is 0.102. The largest absolute Gasteiger partial charge is 0.289 e. The zero-order valence-corrected chi connectivity index (χ0v) is 30.1. The quantitative estimate of drug-likeness (QED) is 0.134. The highest BCUT2D eigenvalue weighted by molar-refractivity contribution is 6.19. The lowest BCUT2D eigenvalue weighted by atomic mass is 9.89. The van der Waals surface area contributed by atoms with Crippen LogP contribution in [0.25, 0.3) is 0 Å². The van der Waals surface area contributed by atoms with Crippen molar-refractivity contribution < 1.29 is 24.0 Å². The number of hydrogen-bond donors (Lipinski definition) is 0. The van der Waals surface area contributed by atoms with Gasteiger partial charge in [-0.3, -0.25) is 24.0 Å². The minimum absolute atomic E-state index is 0.0798. The number of benzene rings is 6. The first-order valence-electron chi connectivity index (χ1n) is 17.1. The molecule has 6 aromatic rings. The summed E-state index contributed by atoms with van der Waals surface area (Å²) in [5.74, 6) is -1.91. The summed E-state index contributed by atoms with van der Waals surface area (Å²) in [6.45, 7) is 11.4. The highest BCUT2D eigenvalue weighted by atomic mass is 16.1. The van der Waals surface area contributed by atoms with Crippen molar-refractivity contribution in [1.82, 2.24) is 0 Å². The van der Waals surface area contributed by atoms with Gasteiger partial charge in [0.05, 0.1) is 0 Å². The minimum atomic E-state index is -0.540. The van der Waals surface area contributed by atoms with Gasteiger partial charge in [0, 0.05) is 55.6 Å². The van der Waals surface area contributed by atoms with Gasteiger partial charge < -0.3 is 0 Å². The number of rotatable bonds is 10. The molecule has 5 nitrogen and oxygen atoms in total. The molecule has 0 bridgehead atoms. The van der Waals surface area contributed by atoms with Gasteiger partial charge in [-0.15, -0.1) is 0 Å². The Balaban J connectivity index is 1.52. The maximum absolute atomic E-state index is 14.6. The number of aryl methyl sites for hydroxylation is 6. The molecule has 0 unspecified atom stereocenters. The first-order chi connectivity index (χ1) is 24.7. The lowest BCUT2D eigenvalue weighted by Crippen LogP contribution is -2.13. The van der Waals surface area contributed by atoms with Gasteiger partial charge in [0.1, 0.15) is 0 Å². The van der Waals surface area contributed by atoms with E-state index < -0.39 is 5.78 Å². The Morgan fingerprint density at radius 2 is 0.462 bits per heavy atom. The topological polar surface area (TPSA) is 85.3 Å². The number of ketones is 5. The Hall–Kier alpha value is -6.33. The molecule has 6 rings (SSSR count). The summed E-state index contributed by atoms with van der Waals surface area (Å²) >= 11 is 0. The van der Waals surface area contributed by atoms with Gasteiger partial charge in [0.15, 0.2) is 28.9 Å². The molecule has 256 valence electrons. The fraction of sp³-hybridized carbons (Fsp3) is 0.128. The van der Waals surface area contributed by atoms with E-state index in [1.54, 1.807) is 60.7 Å². The fourth-order valence-corrected chi connectivity index (χ4v) is 6.66. The van der Waals surface area contributed by atoms with E-state index in [0.717, 1.165) is 33.4 Å². The van der Waals surface area contributed by atoms with Crippen LogP contribution in [0.2, 0.25) is 0 Å². The summed E-state index contributed by atoms with van der Waals surface area (Å²) in [6.07, 6.45) is 0. The first kappa shape index (κ1) is 35.5. The van der Waals surface area contributed by atoms with Crippen molar-refractivity contribution in [3.05, 3.63) is 210 Å². The van der Waals surface area contributed by atoms with Crippen LogP contribution in [0.1, 0.15) is 113 Å². The molecule has 0 spiro atoms. The van der Waals surface area contributed by atoms with Gasteiger partial charge in [-0.2, -0.15) is 0 Å². The minimum Gasteiger partial charge on any atom is -0.289 e. The second kappa shape index (κ2) is 14.5. The predicted molar refractivity (Wildman–Crippen MR) is 204 cm³/mol. The molecular weight excluding hydrogens is 645 g/mol. The zero-order valence-electron chi connectivity index (χ0n) is 30.1. The highest BCUT2D eigenvalue weighted by Gasteiger charge is 2.23. The van der Waals surface area contributed by atoms with Gasteiger partial charge in [-0.05, 0) is 114 Å². The summed E-state index contributed by atoms with van der Waals surface area (Å²) in [6, 6.07) is 34.2. The van der Waals surface area contributed by atoms with Crippen LogP contribution < -0.4 is 0 Å². The number of carbonyl (C=O) groups is 5. The Morgan fingerprint density at radius 1 is 0.250 bits per heavy atom. The van der Waals surface area contributed by atoms with Crippen LogP contribution in [0.15, 0.2) is 121 Å². The molecule has 0 aliphatic carbocycles. The number of carbonyl (C=O) groups excluding carboxylic acids is 5. The standard InChI is InChI=1S/C47H38O5/c1-27-9-7-11-33(15-27)43(48)37-21-39(45(50)35-17-29(3)13-30(4)18-35)25-41(23-37)47(52)42-24-38(44(49)34-12-8-10-28(2)16-34)22-40(26-42)46(51)36-19-31(5)14-32(6)20-36/h7-26H,1-6H3. The Kier molecular flexibility index (Phi) is 9.89. The third-order valence-corrected chi connectivity index (χ3v) is 8.97. The summed E-state index contributed by atoms with van der Waals surface area (Å²) in [5.41, 5.74) is 7.94. The molecule has 0 fully saturated rings. The highest BCUT2D eigenvalue weighted by Crippen LogP contribution is 2.25. The number of hydrogen-bond acceptors (Lipinski definition) is 5. The van der Waals surface area contributed by atoms with Crippen molar-refractivity contribution in [1.29, 1.82) is 0 Å². The van der Waals surface area contributed by atoms with Crippen LogP contribution in [-0.2, 0) is 0 Å². The van der Waals surface area contributed by atoms with E-state index in [1.807, 2.05) is 65.8 Å². The summed E-state index contributed by atoms with van der Waals surface area (Å²) in [7, 11) is 0. The fourth-order valence-electron chi connectivity index (χ4n) is 6.66. The van der Waals surface area contributed by atoms with Gasteiger partial charge in [0.25, 0.3) is 0 Å². The van der Waals surface area contributed by atoms with Crippen LogP contribution in [0.3, 0.4) is 0 Å². The van der Waals surface area contributed by atoms with E-state index >= 15 is 0 Å². The van der Waals surface area contributed by atoms with E-state index in [4.69, 9.17) is 0 Å². The summed E-state index contributed by atoms with van der Waals surface area (Å²) < 4.78 is 0. The third-order valence-electron chi connectivity index (χ3n) is 8.97. The molecule has 0 saturated heterocycles. The van der Waals surface area contributed by atoms with Gasteiger partial charge >= 0.3 is 0 Å². The summed E-state index contributed by atoms with van der Waals surface area (Å²) in [5, 5.41) is 0. The first-order valence-corrected chi connectivity index (χ1v) is 17.1. The lowest BCUT2D eigenvalue weighted by Gasteiger charge is -2.13. The van der Waals surface area contributed by atoms with E-state index in [0.29, 0.717) is 22.3 Å². The maximum atomic E-state index is 14.6. The normalized spacial score (nSPS) is 10.9. The molecule has 6 aromatic carbocycles. The Bertz CT molecular complexity index is 2250. The SMILES string of the molecule is Cc1cccc(C(=O)c2cc(C(=O)c3cc(C)cc(C)c3)cc(C(=O)c3cc(C(=O)c4cccc(C)c4)cc(C(=O)c4cc(C)cc(C)c4)c3)c2)c1. The van der Waals surface area contributed by atoms with Crippen LogP contribution in [0.5, 0.6) is 0 Å². The van der Waals surface area contributed by atoms with Crippen molar-refractivity contribution >= 4 is 28.9 Å². The second-order valence-corrected chi connectivity index (χ2v) is 13.7. The monoisotopic (exact) mass is 682 g/mol. The van der Waals surface area contributed by atoms with Crippen molar-refractivity contribution in [2.24, 2.45) is 0 Å². The molecular formula is C47H38O5. The molecule has 0 amide bonds. The van der Waals surface area contributed by atoms with E-state index in [2.05, 4.69) is 0 Å². The second-order valence-electron chi connectivity index (χ2n) is 13.7. The van der Waals surface area contributed by atoms with Crippen LogP contribution in [0, 0.1) is 41.5 Å². The molecule has 0 N–H and O–H groups in total. The Labute approximate surface area is 304 Å². The van der Waals surface area contributed by atoms with Gasteiger partial charge in [0.2, 0.25) is 0 Å². The van der Waals surface area contributed by atoms with Gasteiger partial charge in [-0.25, -0.2) is 0 Å². The third kappa shape index (κ3) is 7.69. The molecule has 0 atom stereocenters. The van der Waals surface area contributed by atoms with E-state index in [-0.39, 0.29) is 56.5 Å². The van der Waals surface area contributed by atoms with Crippen LogP contribution in [-0.4, -0.2) is 28.9 Å². The molecule has 5 heteroatoms. The smallest absolute Gasteiger partial charge is 0.193 e.